The first kappa shape index (κ1) is 14.4. The number of halogens is 1. The Labute approximate surface area is 101 Å². The van der Waals surface area contributed by atoms with Gasteiger partial charge in [0, 0.05) is 18.8 Å². The zero-order chi connectivity index (χ0) is 11.1. The number of hydrogen-bond acceptors (Lipinski definition) is 4. The van der Waals surface area contributed by atoms with Gasteiger partial charge in [-0.15, -0.1) is 17.3 Å². The lowest BCUT2D eigenvalue weighted by Gasteiger charge is -2.21. The van der Waals surface area contributed by atoms with Gasteiger partial charge in [-0.1, -0.05) is 0 Å². The van der Waals surface area contributed by atoms with Crippen molar-refractivity contribution >= 4 is 23.8 Å². The molecule has 1 rings (SSSR count). The van der Waals surface area contributed by atoms with E-state index in [0.717, 1.165) is 12.2 Å². The summed E-state index contributed by atoms with van der Waals surface area (Å²) in [4.78, 5) is 12.3. The van der Waals surface area contributed by atoms with Crippen LogP contribution in [-0.4, -0.2) is 13.1 Å². The lowest BCUT2D eigenvalue weighted by atomic mass is 10.2. The minimum Gasteiger partial charge on any atom is -0.371 e. The number of nitrogens with zero attached hydrogens (tertiary/aromatic N) is 3. The first-order chi connectivity index (χ1) is 7.31. The summed E-state index contributed by atoms with van der Waals surface area (Å²) in [5.41, 5.74) is 1.44. The molecule has 5 heteroatoms. The van der Waals surface area contributed by atoms with Gasteiger partial charge in [-0.2, -0.15) is 5.26 Å². The maximum Gasteiger partial charge on any atom is 0.108 e. The largest absolute Gasteiger partial charge is 0.371 e. The van der Waals surface area contributed by atoms with Crippen LogP contribution in [-0.2, 0) is 0 Å². The Balaban J connectivity index is 0.00000225. The van der Waals surface area contributed by atoms with Crippen LogP contribution in [0.1, 0.15) is 13.3 Å². The van der Waals surface area contributed by atoms with Crippen molar-refractivity contribution in [1.82, 2.24) is 0 Å². The highest BCUT2D eigenvalue weighted by Gasteiger charge is 2.03. The van der Waals surface area contributed by atoms with Gasteiger partial charge in [0.25, 0.3) is 0 Å². The van der Waals surface area contributed by atoms with Gasteiger partial charge in [0.05, 0.1) is 12.5 Å². The fraction of sp³-hybridized carbons (Fsp3) is 0.364. The molecule has 0 N–H and O–H groups in total. The summed E-state index contributed by atoms with van der Waals surface area (Å²) >= 11 is 0. The highest BCUT2D eigenvalue weighted by atomic mass is 35.5. The first-order valence-electron chi connectivity index (χ1n) is 4.87. The Bertz CT molecular complexity index is 358. The molecule has 0 spiro atoms. The standard InChI is InChI=1S/C11H13N3O.ClH/c1-2-14(9-3-8-12)11-6-4-10(13-15)5-7-11;/h4-7H,2-3,9H2,1H3;1H. The molecule has 0 radical (unpaired) electrons. The molecule has 0 aliphatic carbocycles. The second kappa shape index (κ2) is 7.66. The second-order valence-electron chi connectivity index (χ2n) is 3.10. The Morgan fingerprint density at radius 2 is 2.00 bits per heavy atom. The predicted molar refractivity (Wildman–Crippen MR) is 67.3 cm³/mol. The van der Waals surface area contributed by atoms with Crippen molar-refractivity contribution in [2.45, 2.75) is 13.3 Å². The topological polar surface area (TPSA) is 56.5 Å². The van der Waals surface area contributed by atoms with Crippen molar-refractivity contribution in [3.8, 4) is 6.07 Å². The molecule has 4 nitrogen and oxygen atoms in total. The van der Waals surface area contributed by atoms with Gasteiger partial charge >= 0.3 is 0 Å². The molecule has 0 aliphatic heterocycles. The number of nitroso groups, excluding NO2 is 1. The van der Waals surface area contributed by atoms with Gasteiger partial charge in [0.1, 0.15) is 5.69 Å². The van der Waals surface area contributed by atoms with Crippen LogP contribution >= 0.6 is 12.4 Å². The Morgan fingerprint density at radius 1 is 1.38 bits per heavy atom. The third kappa shape index (κ3) is 3.87. The van der Waals surface area contributed by atoms with E-state index in [1.54, 1.807) is 12.1 Å². The normalized spacial score (nSPS) is 8.75. The molecular formula is C11H14ClN3O. The number of nitriles is 1. The average molecular weight is 240 g/mol. The maximum absolute atomic E-state index is 10.2. The van der Waals surface area contributed by atoms with Crippen LogP contribution in [0.4, 0.5) is 11.4 Å². The van der Waals surface area contributed by atoms with E-state index in [0.29, 0.717) is 18.7 Å². The SMILES string of the molecule is CCN(CCC#N)c1ccc(N=O)cc1.Cl. The molecule has 0 saturated heterocycles. The van der Waals surface area contributed by atoms with Crippen LogP contribution in [0.3, 0.4) is 0 Å². The van der Waals surface area contributed by atoms with Crippen LogP contribution < -0.4 is 4.90 Å². The highest BCUT2D eigenvalue weighted by molar-refractivity contribution is 5.85. The van der Waals surface area contributed by atoms with E-state index < -0.39 is 0 Å². The summed E-state index contributed by atoms with van der Waals surface area (Å²) < 4.78 is 0. The third-order valence-electron chi connectivity index (χ3n) is 2.20. The van der Waals surface area contributed by atoms with E-state index in [1.165, 1.54) is 0 Å². The van der Waals surface area contributed by atoms with E-state index in [9.17, 15) is 4.91 Å². The van der Waals surface area contributed by atoms with Crippen LogP contribution in [0.2, 0.25) is 0 Å². The fourth-order valence-corrected chi connectivity index (χ4v) is 1.38. The summed E-state index contributed by atoms with van der Waals surface area (Å²) in [7, 11) is 0. The van der Waals surface area contributed by atoms with E-state index in [4.69, 9.17) is 5.26 Å². The molecule has 0 aliphatic rings. The Morgan fingerprint density at radius 3 is 2.44 bits per heavy atom. The zero-order valence-corrected chi connectivity index (χ0v) is 9.91. The van der Waals surface area contributed by atoms with Gasteiger partial charge in [0.2, 0.25) is 0 Å². The van der Waals surface area contributed by atoms with Crippen molar-refractivity contribution in [3.05, 3.63) is 29.2 Å². The predicted octanol–water partition coefficient (Wildman–Crippen LogP) is 3.25. The maximum atomic E-state index is 10.2. The van der Waals surface area contributed by atoms with Crippen LogP contribution in [0.15, 0.2) is 29.4 Å². The lowest BCUT2D eigenvalue weighted by molar-refractivity contribution is 0.827. The summed E-state index contributed by atoms with van der Waals surface area (Å²) in [6.07, 6.45) is 0.502. The van der Waals surface area contributed by atoms with Gasteiger partial charge in [-0.05, 0) is 36.4 Å². The third-order valence-corrected chi connectivity index (χ3v) is 2.20. The van der Waals surface area contributed by atoms with E-state index >= 15 is 0 Å². The number of benzene rings is 1. The van der Waals surface area contributed by atoms with E-state index in [2.05, 4.69) is 16.1 Å². The molecule has 0 amide bonds. The van der Waals surface area contributed by atoms with E-state index in [1.807, 2.05) is 19.1 Å². The van der Waals surface area contributed by atoms with Crippen LogP contribution in [0.5, 0.6) is 0 Å². The van der Waals surface area contributed by atoms with Gasteiger partial charge in [-0.25, -0.2) is 0 Å². The number of anilines is 1. The van der Waals surface area contributed by atoms with Crippen molar-refractivity contribution in [3.63, 3.8) is 0 Å². The molecule has 0 fully saturated rings. The quantitative estimate of drug-likeness (QED) is 0.741. The summed E-state index contributed by atoms with van der Waals surface area (Å²) in [6, 6.07) is 9.16. The molecule has 16 heavy (non-hydrogen) atoms. The van der Waals surface area contributed by atoms with Crippen molar-refractivity contribution in [2.75, 3.05) is 18.0 Å². The second-order valence-corrected chi connectivity index (χ2v) is 3.10. The molecule has 1 aromatic carbocycles. The summed E-state index contributed by atoms with van der Waals surface area (Å²) in [5.74, 6) is 0. The molecule has 1 aromatic rings. The van der Waals surface area contributed by atoms with Crippen molar-refractivity contribution in [2.24, 2.45) is 5.18 Å². The summed E-state index contributed by atoms with van der Waals surface area (Å²) in [6.45, 7) is 3.58. The van der Waals surface area contributed by atoms with Crippen LogP contribution in [0.25, 0.3) is 0 Å². The molecule has 0 atom stereocenters. The van der Waals surface area contributed by atoms with Gasteiger partial charge in [-0.3, -0.25) is 0 Å². The zero-order valence-electron chi connectivity index (χ0n) is 9.09. The van der Waals surface area contributed by atoms with Crippen LogP contribution in [0, 0.1) is 16.2 Å². The first-order valence-corrected chi connectivity index (χ1v) is 4.87. The molecular weight excluding hydrogens is 226 g/mol. The lowest BCUT2D eigenvalue weighted by Crippen LogP contribution is -2.23. The smallest absolute Gasteiger partial charge is 0.108 e. The fourth-order valence-electron chi connectivity index (χ4n) is 1.38. The minimum atomic E-state index is 0. The van der Waals surface area contributed by atoms with Crippen molar-refractivity contribution < 1.29 is 0 Å². The molecule has 0 saturated carbocycles. The Kier molecular flexibility index (Phi) is 6.89. The molecule has 0 aromatic heterocycles. The van der Waals surface area contributed by atoms with Gasteiger partial charge in [0.15, 0.2) is 0 Å². The monoisotopic (exact) mass is 239 g/mol. The minimum absolute atomic E-state index is 0. The number of rotatable bonds is 5. The van der Waals surface area contributed by atoms with E-state index in [-0.39, 0.29) is 12.4 Å². The Hall–Kier alpha value is -1.60. The molecule has 86 valence electrons. The molecule has 0 heterocycles. The van der Waals surface area contributed by atoms with Gasteiger partial charge < -0.3 is 4.90 Å². The molecule has 0 bridgehead atoms. The average Bonchev–Trinajstić information content (AvgIpc) is 2.31. The highest BCUT2D eigenvalue weighted by Crippen LogP contribution is 2.19. The van der Waals surface area contributed by atoms with Crippen molar-refractivity contribution in [1.29, 1.82) is 5.26 Å². The molecule has 0 unspecified atom stereocenters. The number of hydrogen-bond donors (Lipinski definition) is 0. The summed E-state index contributed by atoms with van der Waals surface area (Å²) in [5, 5.41) is 11.3.